The summed E-state index contributed by atoms with van der Waals surface area (Å²) >= 11 is 3.53. The van der Waals surface area contributed by atoms with E-state index < -0.39 is 0 Å². The summed E-state index contributed by atoms with van der Waals surface area (Å²) in [6, 6.07) is 6.41. The summed E-state index contributed by atoms with van der Waals surface area (Å²) in [5.74, 6) is -0.141. The molecule has 0 radical (unpaired) electrons. The molecule has 0 bridgehead atoms. The summed E-state index contributed by atoms with van der Waals surface area (Å²) in [4.78, 5) is 11.5. The predicted molar refractivity (Wildman–Crippen MR) is 73.6 cm³/mol. The van der Waals surface area contributed by atoms with E-state index in [4.69, 9.17) is 4.74 Å². The number of ether oxygens (including phenoxy) is 1. The summed E-state index contributed by atoms with van der Waals surface area (Å²) in [6.45, 7) is 6.48. The van der Waals surface area contributed by atoms with E-state index in [0.29, 0.717) is 13.0 Å². The van der Waals surface area contributed by atoms with Crippen molar-refractivity contribution >= 4 is 21.9 Å². The fourth-order valence-corrected chi connectivity index (χ4v) is 2.30. The first-order chi connectivity index (χ1) is 8.02. The molecule has 1 unspecified atom stereocenters. The van der Waals surface area contributed by atoms with Crippen LogP contribution in [0.15, 0.2) is 18.2 Å². The second-order valence-electron chi connectivity index (χ2n) is 4.23. The van der Waals surface area contributed by atoms with Crippen molar-refractivity contribution in [2.45, 2.75) is 38.4 Å². The largest absolute Gasteiger partial charge is 0.466 e. The monoisotopic (exact) mass is 298 g/mol. The van der Waals surface area contributed by atoms with Gasteiger partial charge in [0.25, 0.3) is 0 Å². The lowest BCUT2D eigenvalue weighted by Crippen LogP contribution is -2.13. The van der Waals surface area contributed by atoms with E-state index in [2.05, 4.69) is 48.0 Å². The van der Waals surface area contributed by atoms with Gasteiger partial charge < -0.3 is 4.74 Å². The highest BCUT2D eigenvalue weighted by Crippen LogP contribution is 2.17. The van der Waals surface area contributed by atoms with Crippen molar-refractivity contribution in [3.8, 4) is 0 Å². The normalized spacial score (nSPS) is 12.2. The van der Waals surface area contributed by atoms with Crippen molar-refractivity contribution in [2.24, 2.45) is 0 Å². The zero-order chi connectivity index (χ0) is 12.8. The minimum atomic E-state index is -0.141. The molecule has 1 rings (SSSR count). The van der Waals surface area contributed by atoms with Gasteiger partial charge in [0.2, 0.25) is 0 Å². The lowest BCUT2D eigenvalue weighted by atomic mass is 10.0. The first-order valence-corrected chi connectivity index (χ1v) is 6.80. The van der Waals surface area contributed by atoms with Gasteiger partial charge in [-0.25, -0.2) is 0 Å². The highest BCUT2D eigenvalue weighted by Gasteiger charge is 2.12. The minimum absolute atomic E-state index is 0.141. The van der Waals surface area contributed by atoms with E-state index in [9.17, 15) is 4.79 Å². The number of hydrogen-bond acceptors (Lipinski definition) is 2. The highest BCUT2D eigenvalue weighted by atomic mass is 79.9. The molecular weight excluding hydrogens is 280 g/mol. The Kier molecular flexibility index (Phi) is 5.69. The van der Waals surface area contributed by atoms with Crippen LogP contribution in [0.4, 0.5) is 0 Å². The molecule has 0 aliphatic heterocycles. The fraction of sp³-hybridized carbons (Fsp3) is 0.500. The molecular formula is C14H19BrO2. The summed E-state index contributed by atoms with van der Waals surface area (Å²) in [5, 5.41) is 0. The SMILES string of the molecule is CCOC(=O)CC(Br)Cc1ccc(C)c(C)c1. The number of carbonyl (C=O) groups excluding carboxylic acids is 1. The topological polar surface area (TPSA) is 26.3 Å². The van der Waals surface area contributed by atoms with Gasteiger partial charge in [0.05, 0.1) is 13.0 Å². The van der Waals surface area contributed by atoms with E-state index in [-0.39, 0.29) is 10.8 Å². The molecule has 0 saturated heterocycles. The lowest BCUT2D eigenvalue weighted by Gasteiger charge is -2.10. The van der Waals surface area contributed by atoms with Crippen LogP contribution >= 0.6 is 15.9 Å². The van der Waals surface area contributed by atoms with Gasteiger partial charge >= 0.3 is 5.97 Å². The number of esters is 1. The third-order valence-electron chi connectivity index (χ3n) is 2.72. The molecule has 0 N–H and O–H groups in total. The number of alkyl halides is 1. The van der Waals surface area contributed by atoms with Gasteiger partial charge in [0.15, 0.2) is 0 Å². The van der Waals surface area contributed by atoms with E-state index in [1.54, 1.807) is 0 Å². The molecule has 0 heterocycles. The molecule has 1 atom stereocenters. The van der Waals surface area contributed by atoms with Crippen molar-refractivity contribution in [1.82, 2.24) is 0 Å². The summed E-state index contributed by atoms with van der Waals surface area (Å²) in [6.07, 6.45) is 1.26. The lowest BCUT2D eigenvalue weighted by molar-refractivity contribution is -0.143. The van der Waals surface area contributed by atoms with Crippen LogP contribution in [0.5, 0.6) is 0 Å². The van der Waals surface area contributed by atoms with E-state index in [0.717, 1.165) is 6.42 Å². The summed E-state index contributed by atoms with van der Waals surface area (Å²) in [7, 11) is 0. The second-order valence-corrected chi connectivity index (χ2v) is 5.52. The van der Waals surface area contributed by atoms with E-state index in [1.165, 1.54) is 16.7 Å². The molecule has 1 aromatic carbocycles. The van der Waals surface area contributed by atoms with Crippen LogP contribution < -0.4 is 0 Å². The molecule has 0 aliphatic rings. The van der Waals surface area contributed by atoms with Crippen LogP contribution in [0.25, 0.3) is 0 Å². The van der Waals surface area contributed by atoms with Crippen LogP contribution in [0.2, 0.25) is 0 Å². The van der Waals surface area contributed by atoms with Gasteiger partial charge in [0.1, 0.15) is 0 Å². The van der Waals surface area contributed by atoms with Crippen molar-refractivity contribution < 1.29 is 9.53 Å². The molecule has 94 valence electrons. The molecule has 0 aromatic heterocycles. The first-order valence-electron chi connectivity index (χ1n) is 5.88. The first kappa shape index (κ1) is 14.2. The Labute approximate surface area is 111 Å². The average Bonchev–Trinajstić information content (AvgIpc) is 2.23. The Balaban J connectivity index is 2.53. The maximum absolute atomic E-state index is 11.3. The van der Waals surface area contributed by atoms with Gasteiger partial charge in [-0.1, -0.05) is 34.1 Å². The highest BCUT2D eigenvalue weighted by molar-refractivity contribution is 9.09. The summed E-state index contributed by atoms with van der Waals surface area (Å²) in [5.41, 5.74) is 3.84. The Bertz CT molecular complexity index is 388. The molecule has 0 aliphatic carbocycles. The molecule has 0 saturated carbocycles. The smallest absolute Gasteiger partial charge is 0.306 e. The van der Waals surface area contributed by atoms with Gasteiger partial charge in [0, 0.05) is 4.83 Å². The standard InChI is InChI=1S/C14H19BrO2/c1-4-17-14(16)9-13(15)8-12-6-5-10(2)11(3)7-12/h5-7,13H,4,8-9H2,1-3H3. The van der Waals surface area contributed by atoms with Crippen molar-refractivity contribution in [3.05, 3.63) is 34.9 Å². The second kappa shape index (κ2) is 6.80. The third kappa shape index (κ3) is 4.90. The van der Waals surface area contributed by atoms with Crippen molar-refractivity contribution in [2.75, 3.05) is 6.61 Å². The quantitative estimate of drug-likeness (QED) is 0.614. The number of carbonyl (C=O) groups is 1. The number of halogens is 1. The van der Waals surface area contributed by atoms with Crippen LogP contribution in [-0.4, -0.2) is 17.4 Å². The van der Waals surface area contributed by atoms with Gasteiger partial charge in [-0.15, -0.1) is 0 Å². The zero-order valence-corrected chi connectivity index (χ0v) is 12.2. The third-order valence-corrected chi connectivity index (χ3v) is 3.37. The van der Waals surface area contributed by atoms with E-state index in [1.807, 2.05) is 6.92 Å². The molecule has 2 nitrogen and oxygen atoms in total. The fourth-order valence-electron chi connectivity index (χ4n) is 1.66. The number of benzene rings is 1. The minimum Gasteiger partial charge on any atom is -0.466 e. The maximum Gasteiger partial charge on any atom is 0.306 e. The predicted octanol–water partition coefficient (Wildman–Crippen LogP) is 3.56. The average molecular weight is 299 g/mol. The Morgan fingerprint density at radius 3 is 2.65 bits per heavy atom. The Hall–Kier alpha value is -0.830. The van der Waals surface area contributed by atoms with Crippen LogP contribution in [-0.2, 0) is 16.0 Å². The summed E-state index contributed by atoms with van der Waals surface area (Å²) < 4.78 is 4.92. The van der Waals surface area contributed by atoms with Crippen LogP contribution in [0.3, 0.4) is 0 Å². The Morgan fingerprint density at radius 1 is 1.35 bits per heavy atom. The molecule has 0 amide bonds. The molecule has 0 fully saturated rings. The molecule has 17 heavy (non-hydrogen) atoms. The number of rotatable bonds is 5. The van der Waals surface area contributed by atoms with Crippen molar-refractivity contribution in [3.63, 3.8) is 0 Å². The molecule has 3 heteroatoms. The van der Waals surface area contributed by atoms with Crippen LogP contribution in [0.1, 0.15) is 30.0 Å². The van der Waals surface area contributed by atoms with Gasteiger partial charge in [-0.05, 0) is 43.9 Å². The zero-order valence-electron chi connectivity index (χ0n) is 10.6. The van der Waals surface area contributed by atoms with Gasteiger partial charge in [-0.3, -0.25) is 4.79 Å². The maximum atomic E-state index is 11.3. The van der Waals surface area contributed by atoms with Crippen molar-refractivity contribution in [1.29, 1.82) is 0 Å². The van der Waals surface area contributed by atoms with E-state index >= 15 is 0 Å². The number of aryl methyl sites for hydroxylation is 2. The number of hydrogen-bond donors (Lipinski definition) is 0. The molecule has 0 spiro atoms. The van der Waals surface area contributed by atoms with Gasteiger partial charge in [-0.2, -0.15) is 0 Å². The van der Waals surface area contributed by atoms with Crippen LogP contribution in [0, 0.1) is 13.8 Å². The molecule has 1 aromatic rings. The Morgan fingerprint density at radius 2 is 2.06 bits per heavy atom.